The van der Waals surface area contributed by atoms with Crippen LogP contribution < -0.4 is 10.9 Å². The lowest BCUT2D eigenvalue weighted by molar-refractivity contribution is -0.123. The van der Waals surface area contributed by atoms with Crippen molar-refractivity contribution < 1.29 is 4.79 Å². The summed E-state index contributed by atoms with van der Waals surface area (Å²) < 4.78 is 2.97. The highest BCUT2D eigenvalue weighted by Crippen LogP contribution is 2.17. The maximum Gasteiger partial charge on any atom is 0.264 e. The first-order valence-electron chi connectivity index (χ1n) is 9.03. The van der Waals surface area contributed by atoms with Crippen molar-refractivity contribution in [3.63, 3.8) is 0 Å². The molecule has 0 saturated carbocycles. The number of hydrogen-bond acceptors (Lipinski definition) is 4. The number of benzene rings is 1. The Labute approximate surface area is 158 Å². The lowest BCUT2D eigenvalue weighted by Gasteiger charge is -2.24. The molecule has 27 heavy (non-hydrogen) atoms. The molecule has 0 fully saturated rings. The number of aromatic nitrogens is 4. The van der Waals surface area contributed by atoms with E-state index in [9.17, 15) is 9.59 Å². The van der Waals surface area contributed by atoms with Crippen LogP contribution in [0.2, 0.25) is 0 Å². The molecule has 0 aliphatic carbocycles. The molecule has 3 aromatic rings. The van der Waals surface area contributed by atoms with Gasteiger partial charge in [0.05, 0.1) is 11.9 Å². The Hall–Kier alpha value is -2.96. The van der Waals surface area contributed by atoms with Gasteiger partial charge in [0.25, 0.3) is 5.56 Å². The number of fused-ring (bicyclic) bond motifs is 1. The summed E-state index contributed by atoms with van der Waals surface area (Å²) in [6.45, 7) is 9.85. The van der Waals surface area contributed by atoms with Gasteiger partial charge >= 0.3 is 0 Å². The zero-order valence-electron chi connectivity index (χ0n) is 16.4. The summed E-state index contributed by atoms with van der Waals surface area (Å²) >= 11 is 0. The minimum atomic E-state index is -0.313. The first kappa shape index (κ1) is 18.8. The Morgan fingerprint density at radius 2 is 1.85 bits per heavy atom. The maximum absolute atomic E-state index is 12.8. The van der Waals surface area contributed by atoms with Gasteiger partial charge in [-0.1, -0.05) is 13.0 Å². The third-order valence-corrected chi connectivity index (χ3v) is 4.68. The van der Waals surface area contributed by atoms with Gasteiger partial charge in [-0.3, -0.25) is 14.2 Å². The minimum Gasteiger partial charge on any atom is -0.350 e. The summed E-state index contributed by atoms with van der Waals surface area (Å²) in [4.78, 5) is 29.4. The van der Waals surface area contributed by atoms with Crippen molar-refractivity contribution >= 4 is 16.9 Å². The molecule has 0 aliphatic heterocycles. The Morgan fingerprint density at radius 3 is 2.48 bits per heavy atom. The van der Waals surface area contributed by atoms with Gasteiger partial charge in [-0.2, -0.15) is 5.10 Å². The van der Waals surface area contributed by atoms with E-state index in [1.165, 1.54) is 17.1 Å². The van der Waals surface area contributed by atoms with Crippen LogP contribution in [-0.4, -0.2) is 30.8 Å². The monoisotopic (exact) mass is 367 g/mol. The molecule has 0 bridgehead atoms. The molecular formula is C20H25N5O2. The van der Waals surface area contributed by atoms with Crippen LogP contribution in [0.4, 0.5) is 0 Å². The summed E-state index contributed by atoms with van der Waals surface area (Å²) in [7, 11) is 0. The number of nitrogens with one attached hydrogen (secondary N) is 1. The summed E-state index contributed by atoms with van der Waals surface area (Å²) in [6, 6.07) is 6.06. The van der Waals surface area contributed by atoms with Crippen molar-refractivity contribution in [2.24, 2.45) is 0 Å². The highest BCUT2D eigenvalue weighted by Gasteiger charge is 2.19. The average Bonchev–Trinajstić information content (AvgIpc) is 3.01. The van der Waals surface area contributed by atoms with E-state index in [1.54, 1.807) is 4.68 Å². The minimum absolute atomic E-state index is 0.0695. The molecular weight excluding hydrogens is 342 g/mol. The number of aryl methyl sites for hydroxylation is 2. The summed E-state index contributed by atoms with van der Waals surface area (Å²) in [5, 5.41) is 7.66. The Balaban J connectivity index is 1.95. The first-order valence-corrected chi connectivity index (χ1v) is 9.03. The Bertz CT molecular complexity index is 1040. The maximum atomic E-state index is 12.8. The van der Waals surface area contributed by atoms with Crippen LogP contribution >= 0.6 is 0 Å². The van der Waals surface area contributed by atoms with E-state index in [-0.39, 0.29) is 23.6 Å². The summed E-state index contributed by atoms with van der Waals surface area (Å²) in [6.07, 6.45) is 3.71. The predicted molar refractivity (Wildman–Crippen MR) is 105 cm³/mol. The molecule has 0 spiro atoms. The molecule has 1 amide bonds. The molecule has 7 nitrogen and oxygen atoms in total. The van der Waals surface area contributed by atoms with Crippen LogP contribution in [-0.2, 0) is 11.3 Å². The third-order valence-electron chi connectivity index (χ3n) is 4.68. The first-order chi connectivity index (χ1) is 12.7. The molecule has 0 aliphatic rings. The van der Waals surface area contributed by atoms with E-state index in [1.807, 2.05) is 46.8 Å². The third kappa shape index (κ3) is 3.92. The number of carbonyl (C=O) groups excluding carboxylic acids is 1. The summed E-state index contributed by atoms with van der Waals surface area (Å²) in [5.74, 6) is -0.216. The molecule has 1 aromatic carbocycles. The van der Waals surface area contributed by atoms with Gasteiger partial charge in [-0.05, 0) is 57.4 Å². The lowest BCUT2D eigenvalue weighted by atomic mass is 10.0. The van der Waals surface area contributed by atoms with E-state index in [4.69, 9.17) is 0 Å². The largest absolute Gasteiger partial charge is 0.350 e. The molecule has 0 unspecified atom stereocenters. The second-order valence-corrected chi connectivity index (χ2v) is 7.60. The fraction of sp³-hybridized carbons (Fsp3) is 0.400. The number of carbonyl (C=O) groups is 1. The van der Waals surface area contributed by atoms with E-state index in [2.05, 4.69) is 21.5 Å². The van der Waals surface area contributed by atoms with Crippen LogP contribution in [0.1, 0.15) is 38.3 Å². The quantitative estimate of drug-likeness (QED) is 0.751. The second-order valence-electron chi connectivity index (χ2n) is 7.60. The molecule has 2 aromatic heterocycles. The average molecular weight is 367 g/mol. The highest BCUT2D eigenvalue weighted by atomic mass is 16.2. The number of nitrogens with zero attached hydrogens (tertiary/aromatic N) is 4. The van der Waals surface area contributed by atoms with Gasteiger partial charge in [0.2, 0.25) is 5.91 Å². The van der Waals surface area contributed by atoms with Crippen LogP contribution in [0.3, 0.4) is 0 Å². The zero-order chi connectivity index (χ0) is 19.8. The topological polar surface area (TPSA) is 81.8 Å². The Morgan fingerprint density at radius 1 is 1.19 bits per heavy atom. The van der Waals surface area contributed by atoms with Crippen molar-refractivity contribution in [3.05, 3.63) is 52.2 Å². The lowest BCUT2D eigenvalue weighted by Crippen LogP contribution is -2.45. The fourth-order valence-corrected chi connectivity index (χ4v) is 2.98. The molecule has 142 valence electrons. The van der Waals surface area contributed by atoms with Crippen LogP contribution in [0.25, 0.3) is 16.7 Å². The molecule has 0 radical (unpaired) electrons. The van der Waals surface area contributed by atoms with E-state index in [0.29, 0.717) is 11.0 Å². The van der Waals surface area contributed by atoms with Crippen LogP contribution in [0.15, 0.2) is 35.5 Å². The highest BCUT2D eigenvalue weighted by molar-refractivity contribution is 5.78. The van der Waals surface area contributed by atoms with Gasteiger partial charge in [0.15, 0.2) is 5.65 Å². The smallest absolute Gasteiger partial charge is 0.264 e. The van der Waals surface area contributed by atoms with Crippen molar-refractivity contribution in [1.82, 2.24) is 24.6 Å². The molecule has 2 heterocycles. The van der Waals surface area contributed by atoms with Crippen molar-refractivity contribution in [2.45, 2.75) is 53.1 Å². The Kier molecular flexibility index (Phi) is 4.87. The zero-order valence-corrected chi connectivity index (χ0v) is 16.4. The standard InChI is InChI=1S/C20H25N5O2/c1-6-20(4,5)23-17(26)11-24-12-21-18-16(19(24)27)10-22-25(18)15-8-13(2)7-14(3)9-15/h7-10,12H,6,11H2,1-5H3,(H,23,26). The van der Waals surface area contributed by atoms with Crippen molar-refractivity contribution in [2.75, 3.05) is 0 Å². The normalized spacial score (nSPS) is 11.7. The molecule has 0 saturated heterocycles. The summed E-state index contributed by atoms with van der Waals surface area (Å²) in [5.41, 5.74) is 2.96. The van der Waals surface area contributed by atoms with Gasteiger partial charge < -0.3 is 5.32 Å². The molecule has 7 heteroatoms. The SMILES string of the molecule is CCC(C)(C)NC(=O)Cn1cnc2c(cnn2-c2cc(C)cc(C)c2)c1=O. The van der Waals surface area contributed by atoms with Crippen LogP contribution in [0.5, 0.6) is 0 Å². The molecule has 1 N–H and O–H groups in total. The van der Waals surface area contributed by atoms with Crippen LogP contribution in [0, 0.1) is 13.8 Å². The number of hydrogen-bond donors (Lipinski definition) is 1. The van der Waals surface area contributed by atoms with Gasteiger partial charge in [-0.15, -0.1) is 0 Å². The fourth-order valence-electron chi connectivity index (χ4n) is 2.98. The van der Waals surface area contributed by atoms with E-state index in [0.717, 1.165) is 23.2 Å². The van der Waals surface area contributed by atoms with Crippen molar-refractivity contribution in [3.8, 4) is 5.69 Å². The van der Waals surface area contributed by atoms with E-state index < -0.39 is 0 Å². The van der Waals surface area contributed by atoms with Gasteiger partial charge in [0.1, 0.15) is 18.3 Å². The number of rotatable bonds is 5. The molecule has 0 atom stereocenters. The van der Waals surface area contributed by atoms with Gasteiger partial charge in [0, 0.05) is 5.54 Å². The van der Waals surface area contributed by atoms with E-state index >= 15 is 0 Å². The second kappa shape index (κ2) is 6.98. The van der Waals surface area contributed by atoms with Gasteiger partial charge in [-0.25, -0.2) is 9.67 Å². The molecule has 3 rings (SSSR count). The van der Waals surface area contributed by atoms with Crippen molar-refractivity contribution in [1.29, 1.82) is 0 Å². The number of amides is 1. The predicted octanol–water partition coefficient (Wildman–Crippen LogP) is 2.50.